The fourth-order valence-corrected chi connectivity index (χ4v) is 5.85. The molecular formula is C25H35ClN2OS2. The van der Waals surface area contributed by atoms with Crippen LogP contribution in [0.1, 0.15) is 34.6 Å². The molecule has 0 amide bonds. The molecular weight excluding hydrogens is 444 g/mol. The van der Waals surface area contributed by atoms with E-state index in [1.54, 1.807) is 0 Å². The number of thioether (sulfide) groups is 2. The molecule has 1 aromatic carbocycles. The summed E-state index contributed by atoms with van der Waals surface area (Å²) in [6.07, 6.45) is 0. The maximum atomic E-state index is 6.50. The lowest BCUT2D eigenvalue weighted by molar-refractivity contribution is -0.00000670. The highest BCUT2D eigenvalue weighted by molar-refractivity contribution is 8.03. The van der Waals surface area contributed by atoms with Crippen LogP contribution < -0.4 is 27.2 Å². The average Bonchev–Trinajstić information content (AvgIpc) is 2.77. The van der Waals surface area contributed by atoms with Gasteiger partial charge in [-0.2, -0.15) is 11.8 Å². The molecule has 1 aliphatic carbocycles. The van der Waals surface area contributed by atoms with Crippen LogP contribution in [0.5, 0.6) is 0 Å². The lowest BCUT2D eigenvalue weighted by Crippen LogP contribution is -3.00. The van der Waals surface area contributed by atoms with Crippen LogP contribution in [0.3, 0.4) is 0 Å². The Morgan fingerprint density at radius 1 is 0.903 bits per heavy atom. The van der Waals surface area contributed by atoms with E-state index in [4.69, 9.17) is 4.42 Å². The van der Waals surface area contributed by atoms with Gasteiger partial charge in [-0.25, -0.2) is 4.58 Å². The first-order valence-electron chi connectivity index (χ1n) is 11.2. The van der Waals surface area contributed by atoms with Gasteiger partial charge in [-0.05, 0) is 51.6 Å². The summed E-state index contributed by atoms with van der Waals surface area (Å²) in [6.45, 7) is 15.0. The molecule has 2 aliphatic rings. The largest absolute Gasteiger partial charge is 1.00 e. The molecule has 0 saturated heterocycles. The van der Waals surface area contributed by atoms with Crippen LogP contribution in [0.25, 0.3) is 22.3 Å². The number of hydrogen-bond donors (Lipinski definition) is 0. The Morgan fingerprint density at radius 2 is 1.65 bits per heavy atom. The molecule has 1 aromatic rings. The summed E-state index contributed by atoms with van der Waals surface area (Å²) in [6, 6.07) is 13.4. The number of hydrogen-bond acceptors (Lipinski definition) is 4. The van der Waals surface area contributed by atoms with Crippen molar-refractivity contribution in [1.29, 1.82) is 0 Å². The Kier molecular flexibility index (Phi) is 10.6. The molecule has 0 aromatic heterocycles. The SMILES string of the molecule is CCSCCSc1c2ccc(=[N+](CC)CC)cc-2oc2cc(N(CC)CC)ccc12.[Cl-]. The molecule has 170 valence electrons. The third-order valence-electron chi connectivity index (χ3n) is 5.57. The third-order valence-corrected chi connectivity index (χ3v) is 7.87. The van der Waals surface area contributed by atoms with Crippen molar-refractivity contribution in [1.82, 2.24) is 4.58 Å². The number of anilines is 1. The molecule has 0 spiro atoms. The average molecular weight is 479 g/mol. The van der Waals surface area contributed by atoms with Gasteiger partial charge in [0.25, 0.3) is 0 Å². The molecule has 0 fully saturated rings. The van der Waals surface area contributed by atoms with Crippen molar-refractivity contribution in [3.63, 3.8) is 0 Å². The van der Waals surface area contributed by atoms with Gasteiger partial charge in [-0.3, -0.25) is 0 Å². The zero-order chi connectivity index (χ0) is 21.5. The first-order valence-corrected chi connectivity index (χ1v) is 13.3. The molecule has 3 rings (SSSR count). The van der Waals surface area contributed by atoms with Crippen LogP contribution in [-0.2, 0) is 0 Å². The van der Waals surface area contributed by atoms with Crippen LogP contribution in [0.2, 0.25) is 0 Å². The van der Waals surface area contributed by atoms with Gasteiger partial charge in [-0.1, -0.05) is 6.92 Å². The molecule has 1 heterocycles. The number of nitrogens with zero attached hydrogens (tertiary/aromatic N) is 2. The van der Waals surface area contributed by atoms with Crippen LogP contribution in [0, 0.1) is 0 Å². The van der Waals surface area contributed by atoms with Crippen molar-refractivity contribution in [2.75, 3.05) is 48.3 Å². The van der Waals surface area contributed by atoms with Crippen molar-refractivity contribution in [3.05, 3.63) is 41.8 Å². The highest BCUT2D eigenvalue weighted by atomic mass is 35.5. The van der Waals surface area contributed by atoms with E-state index in [2.05, 4.69) is 80.5 Å². The fraction of sp³-hybridized carbons (Fsp3) is 0.480. The quantitative estimate of drug-likeness (QED) is 0.193. The second kappa shape index (κ2) is 12.7. The van der Waals surface area contributed by atoms with Crippen molar-refractivity contribution < 1.29 is 16.8 Å². The predicted octanol–water partition coefficient (Wildman–Crippen LogP) is 3.05. The Balaban J connectivity index is 0.00000341. The molecule has 1 aliphatic heterocycles. The summed E-state index contributed by atoms with van der Waals surface area (Å²) in [5.74, 6) is 4.44. The first-order chi connectivity index (χ1) is 14.7. The van der Waals surface area contributed by atoms with Crippen LogP contribution in [0.4, 0.5) is 5.69 Å². The van der Waals surface area contributed by atoms with E-state index in [9.17, 15) is 0 Å². The minimum atomic E-state index is 0. The summed E-state index contributed by atoms with van der Waals surface area (Å²) >= 11 is 3.97. The molecule has 3 nitrogen and oxygen atoms in total. The number of rotatable bonds is 10. The summed E-state index contributed by atoms with van der Waals surface area (Å²) < 4.78 is 8.87. The van der Waals surface area contributed by atoms with Crippen LogP contribution >= 0.6 is 23.5 Å². The van der Waals surface area contributed by atoms with E-state index >= 15 is 0 Å². The van der Waals surface area contributed by atoms with Gasteiger partial charge in [0.15, 0.2) is 0 Å². The monoisotopic (exact) mass is 478 g/mol. The maximum absolute atomic E-state index is 6.50. The van der Waals surface area contributed by atoms with E-state index in [-0.39, 0.29) is 12.4 Å². The number of fused-ring (bicyclic) bond motifs is 2. The van der Waals surface area contributed by atoms with Crippen molar-refractivity contribution in [2.24, 2.45) is 0 Å². The van der Waals surface area contributed by atoms with Gasteiger partial charge in [-0.15, -0.1) is 11.8 Å². The van der Waals surface area contributed by atoms with Gasteiger partial charge in [0.1, 0.15) is 24.4 Å². The minimum Gasteiger partial charge on any atom is -1.00 e. The normalized spacial score (nSPS) is 11.0. The summed E-state index contributed by atoms with van der Waals surface area (Å²) in [5, 5.41) is 2.45. The topological polar surface area (TPSA) is 19.4 Å². The van der Waals surface area contributed by atoms with Gasteiger partial charge in [0.2, 0.25) is 5.36 Å². The Hall–Kier alpha value is -1.30. The van der Waals surface area contributed by atoms with Gasteiger partial charge in [0, 0.05) is 58.3 Å². The van der Waals surface area contributed by atoms with Gasteiger partial charge >= 0.3 is 0 Å². The maximum Gasteiger partial charge on any atom is 0.203 e. The van der Waals surface area contributed by atoms with Crippen molar-refractivity contribution in [2.45, 2.75) is 39.5 Å². The highest BCUT2D eigenvalue weighted by Gasteiger charge is 2.18. The van der Waals surface area contributed by atoms with Crippen LogP contribution in [0.15, 0.2) is 45.7 Å². The standard InChI is InChI=1S/C25H35N2OS2.ClH/c1-6-26(7-2)19-11-13-21-23(17-19)28-24-18-20(27(8-3)9-4)12-14-22(24)25(21)30-16-15-29-10-5;/h11-14,17-18H,6-10,15-16H2,1-5H3;1H/q+1;/p-1. The number of benzene rings is 2. The number of halogens is 1. The smallest absolute Gasteiger partial charge is 0.203 e. The van der Waals surface area contributed by atoms with Crippen molar-refractivity contribution >= 4 is 40.2 Å². The second-order valence-electron chi connectivity index (χ2n) is 7.18. The van der Waals surface area contributed by atoms with E-state index in [0.29, 0.717) is 0 Å². The van der Waals surface area contributed by atoms with E-state index in [1.165, 1.54) is 38.4 Å². The second-order valence-corrected chi connectivity index (χ2v) is 9.68. The van der Waals surface area contributed by atoms with Crippen molar-refractivity contribution in [3.8, 4) is 11.3 Å². The van der Waals surface area contributed by atoms with Gasteiger partial charge < -0.3 is 21.7 Å². The first kappa shape index (κ1) is 26.0. The Morgan fingerprint density at radius 3 is 2.29 bits per heavy atom. The molecule has 0 N–H and O–H groups in total. The molecule has 0 saturated carbocycles. The fourth-order valence-electron chi connectivity index (χ4n) is 3.90. The summed E-state index contributed by atoms with van der Waals surface area (Å²) in [5.41, 5.74) is 3.43. The summed E-state index contributed by atoms with van der Waals surface area (Å²) in [7, 11) is 0. The van der Waals surface area contributed by atoms with Crippen LogP contribution in [-0.4, -0.2) is 43.4 Å². The Bertz CT molecular complexity index is 1010. The Labute approximate surface area is 202 Å². The van der Waals surface area contributed by atoms with Gasteiger partial charge in [0.05, 0.1) is 6.07 Å². The van der Waals surface area contributed by atoms with E-state index in [0.717, 1.165) is 43.3 Å². The molecule has 0 atom stereocenters. The zero-order valence-corrected chi connectivity index (χ0v) is 21.8. The molecule has 0 bridgehead atoms. The third kappa shape index (κ3) is 5.94. The summed E-state index contributed by atoms with van der Waals surface area (Å²) in [4.78, 5) is 3.72. The lowest BCUT2D eigenvalue weighted by Gasteiger charge is -2.22. The molecule has 0 unspecified atom stereocenters. The minimum absolute atomic E-state index is 0. The van der Waals surface area contributed by atoms with E-state index in [1.807, 2.05) is 23.5 Å². The van der Waals surface area contributed by atoms with E-state index < -0.39 is 0 Å². The highest BCUT2D eigenvalue weighted by Crippen LogP contribution is 2.40. The predicted molar refractivity (Wildman–Crippen MR) is 136 cm³/mol. The molecule has 31 heavy (non-hydrogen) atoms. The lowest BCUT2D eigenvalue weighted by atomic mass is 10.1. The molecule has 6 heteroatoms. The zero-order valence-electron chi connectivity index (χ0n) is 19.4. The molecule has 0 radical (unpaired) electrons.